The van der Waals surface area contributed by atoms with Gasteiger partial charge in [-0.05, 0) is 30.2 Å². The third-order valence-electron chi connectivity index (χ3n) is 6.05. The molecule has 182 valence electrons. The summed E-state index contributed by atoms with van der Waals surface area (Å²) in [5.74, 6) is -0.770. The van der Waals surface area contributed by atoms with Crippen LogP contribution in [0.4, 0.5) is 13.2 Å². The number of alkyl halides is 3. The van der Waals surface area contributed by atoms with Gasteiger partial charge in [0.1, 0.15) is 4.88 Å². The van der Waals surface area contributed by atoms with Gasteiger partial charge >= 0.3 is 12.1 Å². The number of carbonyl (C=O) groups is 1. The van der Waals surface area contributed by atoms with Crippen LogP contribution >= 0.6 is 22.7 Å². The van der Waals surface area contributed by atoms with Gasteiger partial charge in [0.15, 0.2) is 0 Å². The summed E-state index contributed by atoms with van der Waals surface area (Å²) >= 11 is 2.03. The maximum atomic E-state index is 13.7. The van der Waals surface area contributed by atoms with E-state index < -0.39 is 17.0 Å². The van der Waals surface area contributed by atoms with Crippen molar-refractivity contribution in [3.05, 3.63) is 58.3 Å². The minimum Gasteiger partial charge on any atom is -0.481 e. The number of nitrogens with zero attached hydrogens (tertiary/aromatic N) is 3. The fourth-order valence-corrected chi connectivity index (χ4v) is 6.27. The Balaban J connectivity index is 1.36. The van der Waals surface area contributed by atoms with E-state index in [0.29, 0.717) is 35.8 Å². The van der Waals surface area contributed by atoms with Gasteiger partial charge in [-0.2, -0.15) is 18.2 Å². The van der Waals surface area contributed by atoms with Crippen LogP contribution in [0.2, 0.25) is 0 Å². The molecule has 1 aliphatic heterocycles. The summed E-state index contributed by atoms with van der Waals surface area (Å²) in [5.41, 5.74) is 0.544. The summed E-state index contributed by atoms with van der Waals surface area (Å²) < 4.78 is 46.4. The quantitative estimate of drug-likeness (QED) is 0.300. The lowest BCUT2D eigenvalue weighted by atomic mass is 9.86. The number of aromatic nitrogens is 2. The fourth-order valence-electron chi connectivity index (χ4n) is 4.34. The van der Waals surface area contributed by atoms with Crippen LogP contribution < -0.4 is 0 Å². The monoisotopic (exact) mass is 519 g/mol. The van der Waals surface area contributed by atoms with Crippen LogP contribution in [0.5, 0.6) is 0 Å². The number of rotatable bonds is 7. The van der Waals surface area contributed by atoms with Crippen molar-refractivity contribution in [3.63, 3.8) is 0 Å². The summed E-state index contributed by atoms with van der Waals surface area (Å²) in [5, 5.41) is 13.3. The number of aliphatic carboxylic acids is 1. The van der Waals surface area contributed by atoms with Gasteiger partial charge in [-0.25, -0.2) is 0 Å². The van der Waals surface area contributed by atoms with Crippen molar-refractivity contribution in [3.8, 4) is 32.6 Å². The average molecular weight is 520 g/mol. The van der Waals surface area contributed by atoms with Crippen molar-refractivity contribution in [1.29, 1.82) is 0 Å². The van der Waals surface area contributed by atoms with Crippen molar-refractivity contribution in [1.82, 2.24) is 15.0 Å². The van der Waals surface area contributed by atoms with Gasteiger partial charge < -0.3 is 9.63 Å². The van der Waals surface area contributed by atoms with E-state index in [1.165, 1.54) is 17.4 Å². The summed E-state index contributed by atoms with van der Waals surface area (Å²) in [6.07, 6.45) is -3.75. The highest BCUT2D eigenvalue weighted by atomic mass is 32.1. The molecule has 2 unspecified atom stereocenters. The lowest BCUT2D eigenvalue weighted by molar-refractivity contribution is -0.153. The molecule has 6 nitrogen and oxygen atoms in total. The summed E-state index contributed by atoms with van der Waals surface area (Å²) in [7, 11) is 0. The third-order valence-corrected chi connectivity index (χ3v) is 8.29. The Hall–Kier alpha value is -3.02. The van der Waals surface area contributed by atoms with E-state index in [9.17, 15) is 23.1 Å². The van der Waals surface area contributed by atoms with Crippen molar-refractivity contribution in [2.75, 3.05) is 6.54 Å². The van der Waals surface area contributed by atoms with Gasteiger partial charge in [0, 0.05) is 29.6 Å². The van der Waals surface area contributed by atoms with Crippen molar-refractivity contribution in [2.45, 2.75) is 32.1 Å². The Kier molecular flexibility index (Phi) is 6.24. The van der Waals surface area contributed by atoms with Crippen molar-refractivity contribution < 1.29 is 27.6 Å². The number of likely N-dealkylation sites (tertiary alicyclic amines) is 1. The molecule has 2 atom stereocenters. The Morgan fingerprint density at radius 2 is 1.94 bits per heavy atom. The van der Waals surface area contributed by atoms with Crippen LogP contribution in [0.25, 0.3) is 32.6 Å². The van der Waals surface area contributed by atoms with Crippen LogP contribution in [0.15, 0.2) is 53.1 Å². The topological polar surface area (TPSA) is 79.5 Å². The molecule has 5 rings (SSSR count). The average Bonchev–Trinajstić information content (AvgIpc) is 3.55. The molecule has 11 heteroatoms. The molecule has 0 spiro atoms. The molecule has 1 fully saturated rings. The molecule has 1 N–H and O–H groups in total. The highest BCUT2D eigenvalue weighted by molar-refractivity contribution is 7.16. The van der Waals surface area contributed by atoms with E-state index in [1.807, 2.05) is 19.1 Å². The van der Waals surface area contributed by atoms with Gasteiger partial charge in [0.05, 0.1) is 15.7 Å². The molecular weight excluding hydrogens is 499 g/mol. The second kappa shape index (κ2) is 9.21. The van der Waals surface area contributed by atoms with Gasteiger partial charge in [-0.1, -0.05) is 42.4 Å². The number of halogens is 3. The second-order valence-electron chi connectivity index (χ2n) is 8.26. The molecule has 4 heterocycles. The van der Waals surface area contributed by atoms with Gasteiger partial charge in [0.2, 0.25) is 5.82 Å². The Labute approximate surface area is 206 Å². The van der Waals surface area contributed by atoms with Crippen molar-refractivity contribution >= 4 is 28.6 Å². The van der Waals surface area contributed by atoms with E-state index >= 15 is 0 Å². The predicted octanol–water partition coefficient (Wildman–Crippen LogP) is 6.51. The molecule has 0 radical (unpaired) electrons. The number of carboxylic acid groups (broad SMARTS) is 1. The number of hydrogen-bond donors (Lipinski definition) is 1. The van der Waals surface area contributed by atoms with Gasteiger partial charge in [0.25, 0.3) is 5.89 Å². The highest BCUT2D eigenvalue weighted by Crippen LogP contribution is 2.45. The zero-order valence-electron chi connectivity index (χ0n) is 18.5. The minimum atomic E-state index is -4.51. The van der Waals surface area contributed by atoms with Crippen LogP contribution in [-0.2, 0) is 17.5 Å². The first-order chi connectivity index (χ1) is 16.7. The van der Waals surface area contributed by atoms with E-state index in [0.717, 1.165) is 16.2 Å². The molecule has 0 bridgehead atoms. The van der Waals surface area contributed by atoms with Gasteiger partial charge in [-0.15, -0.1) is 22.7 Å². The predicted molar refractivity (Wildman–Crippen MR) is 127 cm³/mol. The van der Waals surface area contributed by atoms with Crippen molar-refractivity contribution in [2.24, 2.45) is 5.92 Å². The largest absolute Gasteiger partial charge is 0.481 e. The van der Waals surface area contributed by atoms with Gasteiger partial charge in [-0.3, -0.25) is 9.69 Å². The molecule has 1 aliphatic rings. The second-order valence-corrected chi connectivity index (χ2v) is 10.5. The Morgan fingerprint density at radius 1 is 1.17 bits per heavy atom. The first-order valence-electron chi connectivity index (χ1n) is 10.9. The summed E-state index contributed by atoms with van der Waals surface area (Å²) in [6.45, 7) is 3.11. The lowest BCUT2D eigenvalue weighted by Gasteiger charge is -2.45. The molecule has 1 aromatic carbocycles. The SMILES string of the molecule is CCC1C(C(=O)O)CN1Cc1ccc(-c2noc(-c3cc(-c4ccccc4)c(C(F)(F)F)s3)n2)s1. The molecule has 4 aromatic rings. The zero-order valence-corrected chi connectivity index (χ0v) is 20.1. The maximum Gasteiger partial charge on any atom is 0.426 e. The molecule has 0 aliphatic carbocycles. The summed E-state index contributed by atoms with van der Waals surface area (Å²) in [4.78, 5) is 19.1. The smallest absolute Gasteiger partial charge is 0.426 e. The van der Waals surface area contributed by atoms with E-state index in [4.69, 9.17) is 4.52 Å². The fraction of sp³-hybridized carbons (Fsp3) is 0.292. The highest BCUT2D eigenvalue weighted by Gasteiger charge is 2.42. The molecule has 3 aromatic heterocycles. The van der Waals surface area contributed by atoms with E-state index in [1.54, 1.807) is 30.3 Å². The molecule has 35 heavy (non-hydrogen) atoms. The summed E-state index contributed by atoms with van der Waals surface area (Å²) in [6, 6.07) is 13.6. The maximum absolute atomic E-state index is 13.7. The molecular formula is C24H20F3N3O3S2. The number of thiophene rings is 2. The van der Waals surface area contributed by atoms with Crippen LogP contribution in [-0.4, -0.2) is 38.7 Å². The first-order valence-corrected chi connectivity index (χ1v) is 12.5. The number of hydrogen-bond acceptors (Lipinski definition) is 7. The normalized spacial score (nSPS) is 18.5. The van der Waals surface area contributed by atoms with Crippen LogP contribution in [0, 0.1) is 5.92 Å². The van der Waals surface area contributed by atoms with E-state index in [2.05, 4.69) is 15.0 Å². The number of carboxylic acids is 1. The number of benzene rings is 1. The van der Waals surface area contributed by atoms with E-state index in [-0.39, 0.29) is 28.3 Å². The third kappa shape index (κ3) is 4.63. The van der Waals surface area contributed by atoms with Crippen LogP contribution in [0.1, 0.15) is 23.1 Å². The standard InChI is InChI=1S/C24H20F3N3O3S2/c1-2-17-16(23(31)32)12-30(17)11-14-8-9-18(34-14)21-28-22(33-29-21)19-10-15(13-6-4-3-5-7-13)20(35-19)24(25,26)27/h3-10,16-17H,2,11-12H2,1H3,(H,31,32). The molecule has 0 saturated carbocycles. The first kappa shape index (κ1) is 23.7. The van der Waals surface area contributed by atoms with Crippen LogP contribution in [0.3, 0.4) is 0 Å². The lowest BCUT2D eigenvalue weighted by Crippen LogP contribution is -2.58. The minimum absolute atomic E-state index is 0.00953. The Bertz CT molecular complexity index is 1350. The molecule has 1 saturated heterocycles. The Morgan fingerprint density at radius 3 is 2.63 bits per heavy atom. The molecule has 0 amide bonds. The zero-order chi connectivity index (χ0) is 24.7.